The predicted molar refractivity (Wildman–Crippen MR) is 151 cm³/mol. The first kappa shape index (κ1) is 26.1. The summed E-state index contributed by atoms with van der Waals surface area (Å²) in [6, 6.07) is 11.1. The number of nitrogens with one attached hydrogen (secondary N) is 1. The number of thiophene rings is 1. The Morgan fingerprint density at radius 2 is 1.92 bits per heavy atom. The van der Waals surface area contributed by atoms with Crippen LogP contribution in [0.25, 0.3) is 21.3 Å². The van der Waals surface area contributed by atoms with Gasteiger partial charge in [0, 0.05) is 36.0 Å². The van der Waals surface area contributed by atoms with Gasteiger partial charge in [-0.15, -0.1) is 11.3 Å². The number of rotatable bonds is 7. The molecule has 2 saturated heterocycles. The Bertz CT molecular complexity index is 1200. The molecule has 7 nitrogen and oxygen atoms in total. The van der Waals surface area contributed by atoms with Gasteiger partial charge in [-0.1, -0.05) is 30.3 Å². The molecule has 2 fully saturated rings. The van der Waals surface area contributed by atoms with E-state index in [4.69, 9.17) is 9.72 Å². The van der Waals surface area contributed by atoms with Gasteiger partial charge in [-0.05, 0) is 72.2 Å². The van der Waals surface area contributed by atoms with Crippen LogP contribution in [0.2, 0.25) is 0 Å². The Labute approximate surface area is 224 Å². The molecule has 1 N–H and O–H groups in total. The molecule has 0 saturated carbocycles. The molecule has 0 bridgehead atoms. The fourth-order valence-electron chi connectivity index (χ4n) is 5.45. The summed E-state index contributed by atoms with van der Waals surface area (Å²) in [6.45, 7) is 9.63. The molecule has 198 valence electrons. The van der Waals surface area contributed by atoms with Gasteiger partial charge in [0.05, 0.1) is 10.8 Å². The maximum Gasteiger partial charge on any atom is 0.312 e. The van der Waals surface area contributed by atoms with Crippen molar-refractivity contribution in [2.24, 2.45) is 11.3 Å². The average molecular weight is 522 g/mol. The van der Waals surface area contributed by atoms with E-state index in [1.165, 1.54) is 16.5 Å². The highest BCUT2D eigenvalue weighted by Crippen LogP contribution is 2.38. The number of hydrogen-bond donors (Lipinski definition) is 1. The van der Waals surface area contributed by atoms with Gasteiger partial charge < -0.3 is 14.5 Å². The van der Waals surface area contributed by atoms with Crippen molar-refractivity contribution in [2.75, 3.05) is 38.1 Å². The number of nitrogens with zero attached hydrogens (tertiary/aromatic N) is 4. The summed E-state index contributed by atoms with van der Waals surface area (Å²) in [5.74, 6) is 1.31. The quantitative estimate of drug-likeness (QED) is 0.430. The second kappa shape index (κ2) is 11.1. The van der Waals surface area contributed by atoms with Crippen molar-refractivity contribution in [3.8, 4) is 11.1 Å². The van der Waals surface area contributed by atoms with Gasteiger partial charge in [0.2, 0.25) is 0 Å². The summed E-state index contributed by atoms with van der Waals surface area (Å²) in [6.07, 6.45) is 5.86. The van der Waals surface area contributed by atoms with Crippen LogP contribution in [-0.2, 0) is 9.53 Å². The molecule has 1 aromatic carbocycles. The van der Waals surface area contributed by atoms with Crippen molar-refractivity contribution in [3.63, 3.8) is 0 Å². The van der Waals surface area contributed by atoms with E-state index in [0.717, 1.165) is 62.5 Å². The van der Waals surface area contributed by atoms with Crippen LogP contribution in [0, 0.1) is 11.3 Å². The van der Waals surface area contributed by atoms with Gasteiger partial charge in [-0.25, -0.2) is 9.97 Å². The van der Waals surface area contributed by atoms with E-state index in [-0.39, 0.29) is 12.2 Å². The van der Waals surface area contributed by atoms with Crippen LogP contribution in [0.1, 0.15) is 46.5 Å². The summed E-state index contributed by atoms with van der Waals surface area (Å²) in [4.78, 5) is 27.7. The topological polar surface area (TPSA) is 70.6 Å². The number of carbonyl (C=O) groups excluding carboxylic acids is 1. The van der Waals surface area contributed by atoms with Crippen LogP contribution in [0.4, 0.5) is 5.82 Å². The molecule has 0 spiro atoms. The average Bonchev–Trinajstić information content (AvgIpc) is 3.54. The lowest BCUT2D eigenvalue weighted by Gasteiger charge is -2.38. The third-order valence-corrected chi connectivity index (χ3v) is 8.70. The third-order valence-electron chi connectivity index (χ3n) is 7.81. The molecule has 37 heavy (non-hydrogen) atoms. The second-order valence-corrected chi connectivity index (χ2v) is 12.3. The van der Waals surface area contributed by atoms with Gasteiger partial charge in [0.25, 0.3) is 0 Å². The number of hydrogen-bond acceptors (Lipinski definition) is 8. The lowest BCUT2D eigenvalue weighted by molar-refractivity contribution is -0.161. The van der Waals surface area contributed by atoms with E-state index >= 15 is 0 Å². The minimum Gasteiger partial charge on any atom is -0.446 e. The van der Waals surface area contributed by atoms with E-state index in [1.54, 1.807) is 17.7 Å². The van der Waals surface area contributed by atoms with Crippen molar-refractivity contribution in [1.29, 1.82) is 0 Å². The maximum absolute atomic E-state index is 12.4. The minimum absolute atomic E-state index is 0.127. The fraction of sp³-hybridized carbons (Fsp3) is 0.552. The lowest BCUT2D eigenvalue weighted by Crippen LogP contribution is -2.44. The van der Waals surface area contributed by atoms with E-state index < -0.39 is 5.41 Å². The van der Waals surface area contributed by atoms with Crippen LogP contribution in [0.5, 0.6) is 0 Å². The highest BCUT2D eigenvalue weighted by molar-refractivity contribution is 7.17. The highest BCUT2D eigenvalue weighted by Gasteiger charge is 2.34. The number of esters is 1. The molecule has 2 unspecified atom stereocenters. The zero-order valence-electron chi connectivity index (χ0n) is 22.4. The van der Waals surface area contributed by atoms with Crippen LogP contribution in [-0.4, -0.2) is 66.3 Å². The molecule has 0 radical (unpaired) electrons. The number of ether oxygens (including phenoxy) is 1. The highest BCUT2D eigenvalue weighted by atomic mass is 32.1. The van der Waals surface area contributed by atoms with Crippen molar-refractivity contribution in [1.82, 2.24) is 20.2 Å². The number of benzene rings is 1. The number of aromatic nitrogens is 2. The first-order valence-electron chi connectivity index (χ1n) is 13.5. The Kier molecular flexibility index (Phi) is 7.79. The van der Waals surface area contributed by atoms with Crippen LogP contribution < -0.4 is 10.2 Å². The summed E-state index contributed by atoms with van der Waals surface area (Å²) in [5, 5.41) is 6.77. The summed E-state index contributed by atoms with van der Waals surface area (Å²) in [5.41, 5.74) is 1.97. The number of piperidine rings is 1. The normalized spacial score (nSPS) is 21.2. The van der Waals surface area contributed by atoms with Crippen molar-refractivity contribution in [2.45, 2.75) is 58.7 Å². The van der Waals surface area contributed by atoms with E-state index in [9.17, 15) is 4.79 Å². The van der Waals surface area contributed by atoms with E-state index in [0.29, 0.717) is 12.0 Å². The maximum atomic E-state index is 12.4. The molecule has 2 aliphatic rings. The van der Waals surface area contributed by atoms with Crippen molar-refractivity contribution >= 4 is 33.3 Å². The standard InChI is InChI=1S/C29H39N5O2S/c1-29(2,3)28(35)36-26-21(10-14-30-26)11-15-33(4)22-12-16-34(17-13-22)25-24-23(20-8-6-5-7-9-20)18-37-27(24)32-19-31-25/h5-9,18-19,21-22,26,30H,10-17H2,1-4H3. The summed E-state index contributed by atoms with van der Waals surface area (Å²) in [7, 11) is 2.24. The van der Waals surface area contributed by atoms with Crippen LogP contribution >= 0.6 is 11.3 Å². The van der Waals surface area contributed by atoms with Crippen LogP contribution in [0.3, 0.4) is 0 Å². The van der Waals surface area contributed by atoms with Crippen molar-refractivity contribution in [3.05, 3.63) is 42.0 Å². The summed E-state index contributed by atoms with van der Waals surface area (Å²) < 4.78 is 5.81. The first-order valence-corrected chi connectivity index (χ1v) is 14.4. The van der Waals surface area contributed by atoms with Crippen molar-refractivity contribution < 1.29 is 9.53 Å². The third kappa shape index (κ3) is 5.81. The number of anilines is 1. The molecule has 2 atom stereocenters. The largest absolute Gasteiger partial charge is 0.446 e. The molecule has 5 rings (SSSR count). The zero-order chi connectivity index (χ0) is 26.0. The monoisotopic (exact) mass is 521 g/mol. The lowest BCUT2D eigenvalue weighted by atomic mass is 9.96. The molecule has 0 amide bonds. The SMILES string of the molecule is CN(CCC1CCNC1OC(=O)C(C)(C)C)C1CCN(c2ncnc3scc(-c4ccccc4)c23)CC1. The minimum atomic E-state index is -0.473. The zero-order valence-corrected chi connectivity index (χ0v) is 23.3. The molecule has 4 heterocycles. The first-order chi connectivity index (χ1) is 17.8. The predicted octanol–water partition coefficient (Wildman–Crippen LogP) is 5.17. The molecule has 8 heteroatoms. The number of carbonyl (C=O) groups is 1. The molecule has 2 aromatic heterocycles. The van der Waals surface area contributed by atoms with Crippen LogP contribution in [0.15, 0.2) is 42.0 Å². The second-order valence-electron chi connectivity index (χ2n) is 11.5. The molecule has 2 aliphatic heterocycles. The van der Waals surface area contributed by atoms with Gasteiger partial charge in [-0.2, -0.15) is 0 Å². The van der Waals surface area contributed by atoms with E-state index in [2.05, 4.69) is 62.9 Å². The Hall–Kier alpha value is -2.55. The number of fused-ring (bicyclic) bond motifs is 1. The van der Waals surface area contributed by atoms with Gasteiger partial charge in [0.1, 0.15) is 17.0 Å². The fourth-order valence-corrected chi connectivity index (χ4v) is 6.36. The Morgan fingerprint density at radius 3 is 2.65 bits per heavy atom. The summed E-state index contributed by atoms with van der Waals surface area (Å²) >= 11 is 1.69. The Balaban J connectivity index is 1.18. The molecule has 0 aliphatic carbocycles. The molecule has 3 aromatic rings. The smallest absolute Gasteiger partial charge is 0.312 e. The molecular weight excluding hydrogens is 482 g/mol. The van der Waals surface area contributed by atoms with E-state index in [1.807, 2.05) is 20.8 Å². The van der Waals surface area contributed by atoms with Gasteiger partial charge >= 0.3 is 5.97 Å². The molecular formula is C29H39N5O2S. The van der Waals surface area contributed by atoms with Gasteiger partial charge in [-0.3, -0.25) is 10.1 Å². The Morgan fingerprint density at radius 1 is 1.16 bits per heavy atom. The van der Waals surface area contributed by atoms with Gasteiger partial charge in [0.15, 0.2) is 6.23 Å².